The van der Waals surface area contributed by atoms with Crippen molar-refractivity contribution in [1.29, 1.82) is 0 Å². The van der Waals surface area contributed by atoms with Gasteiger partial charge in [-0.2, -0.15) is 0 Å². The predicted octanol–water partition coefficient (Wildman–Crippen LogP) is 18.4. The monoisotopic (exact) mass is 954 g/mol. The lowest BCUT2D eigenvalue weighted by Crippen LogP contribution is -2.28. The Morgan fingerprint density at radius 1 is 0.400 bits per heavy atom. The van der Waals surface area contributed by atoms with Crippen LogP contribution in [0.15, 0.2) is 243 Å². The van der Waals surface area contributed by atoms with Gasteiger partial charge in [-0.3, -0.25) is 0 Å². The highest BCUT2D eigenvalue weighted by Crippen LogP contribution is 2.70. The molecule has 5 aliphatic rings. The quantitative estimate of drug-likeness (QED) is 0.167. The van der Waals surface area contributed by atoms with Crippen LogP contribution in [0.2, 0.25) is 0 Å². The van der Waals surface area contributed by atoms with Crippen molar-refractivity contribution in [3.8, 4) is 50.2 Å². The van der Waals surface area contributed by atoms with Gasteiger partial charge in [-0.25, -0.2) is 0 Å². The molecule has 0 radical (unpaired) electrons. The first-order valence-corrected chi connectivity index (χ1v) is 26.8. The summed E-state index contributed by atoms with van der Waals surface area (Å²) in [5, 5.41) is 2.60. The molecule has 2 bridgehead atoms. The molecule has 3 unspecified atom stereocenters. The second kappa shape index (κ2) is 14.8. The maximum Gasteiger partial charge on any atom is 0.0749 e. The van der Waals surface area contributed by atoms with Crippen molar-refractivity contribution in [2.24, 2.45) is 0 Å². The molecule has 12 aromatic rings. The number of hydrogen-bond donors (Lipinski definition) is 0. The van der Waals surface area contributed by atoms with Crippen LogP contribution in [0.25, 0.3) is 72.0 Å². The van der Waals surface area contributed by atoms with Gasteiger partial charge in [0.05, 0.1) is 16.4 Å². The molecule has 5 aliphatic carbocycles. The minimum Gasteiger partial charge on any atom is -0.310 e. The summed E-state index contributed by atoms with van der Waals surface area (Å²) in [6, 6.07) is 93.1. The lowest BCUT2D eigenvalue weighted by molar-refractivity contribution is 0.604. The van der Waals surface area contributed by atoms with Crippen LogP contribution in [0.3, 0.4) is 0 Å². The van der Waals surface area contributed by atoms with E-state index in [0.717, 1.165) is 23.5 Å². The highest BCUT2D eigenvalue weighted by Gasteiger charge is 2.57. The average Bonchev–Trinajstić information content (AvgIpc) is 4.29. The standard InChI is InChI=1S/C73H50N2/c1-72(2)62-29-17-15-28-52(62)60-42-61-57-38-37-56-53-34-32-46-40-65(53)73(70(56)71(57)75(66(61)43-64(60)72)49-25-13-6-14-26-49)63-30-18-16-27-51(63)55-36-35-54-58-41-50(74(47-21-9-4-10-22-47)48-23-11-5-12-24-48)33-31-45(58)39-59(44-19-7-3-8-20-44)67(46)68(54)69(55)73/h3-38,40-43,59,67H,39H2,1-2H3. The summed E-state index contributed by atoms with van der Waals surface area (Å²) in [6.07, 6.45) is 0.911. The van der Waals surface area contributed by atoms with E-state index in [1.165, 1.54) is 128 Å². The van der Waals surface area contributed by atoms with Gasteiger partial charge in [0.15, 0.2) is 0 Å². The van der Waals surface area contributed by atoms with E-state index in [0.29, 0.717) is 0 Å². The lowest BCUT2D eigenvalue weighted by atomic mass is 9.67. The van der Waals surface area contributed by atoms with Crippen LogP contribution in [0.4, 0.5) is 17.1 Å². The minimum absolute atomic E-state index is 0.0857. The summed E-state index contributed by atoms with van der Waals surface area (Å²) in [5.74, 6) is 0.266. The van der Waals surface area contributed by atoms with Crippen molar-refractivity contribution in [2.45, 2.75) is 42.9 Å². The normalized spacial score (nSPS) is 18.1. The summed E-state index contributed by atoms with van der Waals surface area (Å²) in [5.41, 5.74) is 31.2. The van der Waals surface area contributed by atoms with E-state index in [4.69, 9.17) is 0 Å². The third-order valence-electron chi connectivity index (χ3n) is 18.4. The summed E-state index contributed by atoms with van der Waals surface area (Å²) >= 11 is 0. The molecule has 0 saturated carbocycles. The molecule has 0 saturated heterocycles. The Labute approximate surface area is 437 Å². The molecule has 75 heavy (non-hydrogen) atoms. The van der Waals surface area contributed by atoms with Crippen molar-refractivity contribution >= 4 is 38.9 Å². The van der Waals surface area contributed by atoms with E-state index >= 15 is 0 Å². The largest absolute Gasteiger partial charge is 0.310 e. The van der Waals surface area contributed by atoms with Gasteiger partial charge in [0, 0.05) is 50.4 Å². The van der Waals surface area contributed by atoms with Crippen molar-refractivity contribution in [3.63, 3.8) is 0 Å². The summed E-state index contributed by atoms with van der Waals surface area (Å²) < 4.78 is 2.66. The number of hydrogen-bond acceptors (Lipinski definition) is 1. The van der Waals surface area contributed by atoms with Crippen LogP contribution in [0, 0.1) is 0 Å². The number of para-hydroxylation sites is 3. The topological polar surface area (TPSA) is 8.17 Å². The lowest BCUT2D eigenvalue weighted by Gasteiger charge is -2.34. The van der Waals surface area contributed by atoms with E-state index in [1.807, 2.05) is 0 Å². The Morgan fingerprint density at radius 2 is 1.00 bits per heavy atom. The molecular weight excluding hydrogens is 905 g/mol. The number of anilines is 3. The Balaban J connectivity index is 1.02. The molecule has 1 aromatic heterocycles. The van der Waals surface area contributed by atoms with Crippen LogP contribution < -0.4 is 4.90 Å². The van der Waals surface area contributed by atoms with Gasteiger partial charge in [0.25, 0.3) is 0 Å². The molecule has 0 fully saturated rings. The van der Waals surface area contributed by atoms with E-state index in [-0.39, 0.29) is 17.3 Å². The van der Waals surface area contributed by atoms with Crippen LogP contribution in [-0.4, -0.2) is 4.57 Å². The summed E-state index contributed by atoms with van der Waals surface area (Å²) in [7, 11) is 0. The number of fused-ring (bicyclic) bond motifs is 15. The number of aromatic nitrogens is 1. The van der Waals surface area contributed by atoms with Crippen LogP contribution >= 0.6 is 0 Å². The fraction of sp³-hybridized carbons (Fsp3) is 0.0959. The molecule has 2 nitrogen and oxygen atoms in total. The van der Waals surface area contributed by atoms with Gasteiger partial charge in [0.2, 0.25) is 0 Å². The Kier molecular flexibility index (Phi) is 8.21. The van der Waals surface area contributed by atoms with Crippen molar-refractivity contribution in [2.75, 3.05) is 4.90 Å². The molecule has 2 heteroatoms. The zero-order valence-corrected chi connectivity index (χ0v) is 41.9. The van der Waals surface area contributed by atoms with Crippen LogP contribution in [0.5, 0.6) is 0 Å². The first-order valence-electron chi connectivity index (χ1n) is 26.8. The predicted molar refractivity (Wildman–Crippen MR) is 309 cm³/mol. The second-order valence-corrected chi connectivity index (χ2v) is 22.2. The summed E-state index contributed by atoms with van der Waals surface area (Å²) in [6.45, 7) is 4.82. The molecule has 0 N–H and O–H groups in total. The Morgan fingerprint density at radius 3 is 1.75 bits per heavy atom. The smallest absolute Gasteiger partial charge is 0.0749 e. The molecular formula is C73H50N2. The Bertz CT molecular complexity index is 4370. The third kappa shape index (κ3) is 5.29. The van der Waals surface area contributed by atoms with Crippen molar-refractivity contribution in [3.05, 3.63) is 298 Å². The first kappa shape index (κ1) is 41.5. The van der Waals surface area contributed by atoms with E-state index < -0.39 is 5.41 Å². The summed E-state index contributed by atoms with van der Waals surface area (Å²) in [4.78, 5) is 2.43. The van der Waals surface area contributed by atoms with Crippen LogP contribution in [-0.2, 0) is 17.3 Å². The second-order valence-electron chi connectivity index (χ2n) is 22.2. The molecule has 1 heterocycles. The van der Waals surface area contributed by atoms with E-state index in [9.17, 15) is 0 Å². The molecule has 352 valence electrons. The first-order chi connectivity index (χ1) is 37.0. The van der Waals surface area contributed by atoms with Gasteiger partial charge in [-0.1, -0.05) is 196 Å². The maximum atomic E-state index is 2.68. The van der Waals surface area contributed by atoms with Gasteiger partial charge >= 0.3 is 0 Å². The number of rotatable bonds is 5. The van der Waals surface area contributed by atoms with E-state index in [2.05, 4.69) is 266 Å². The molecule has 11 aromatic carbocycles. The molecule has 3 atom stereocenters. The zero-order chi connectivity index (χ0) is 49.3. The van der Waals surface area contributed by atoms with Crippen LogP contribution in [0.1, 0.15) is 81.3 Å². The molecule has 1 spiro atoms. The molecule has 0 amide bonds. The highest BCUT2D eigenvalue weighted by molar-refractivity contribution is 6.16. The SMILES string of the molecule is CC1(C)c2ccccc2-c2cc3c4ccc5c(c4n(-c4ccccc4)c3cc21)C12c3ccccc3-c3ccc4c(c31)C(c1ccc-5c2c1)C(c1ccccc1)Cc1ccc(N(c2ccccc2)c2ccccc2)cc1-4. The van der Waals surface area contributed by atoms with Gasteiger partial charge in [-0.15, -0.1) is 0 Å². The van der Waals surface area contributed by atoms with E-state index in [1.54, 1.807) is 0 Å². The third-order valence-corrected chi connectivity index (χ3v) is 18.4. The molecule has 17 rings (SSSR count). The fourth-order valence-corrected chi connectivity index (χ4v) is 15.4. The highest BCUT2D eigenvalue weighted by atomic mass is 15.1. The van der Waals surface area contributed by atoms with Gasteiger partial charge in [0.1, 0.15) is 0 Å². The van der Waals surface area contributed by atoms with Gasteiger partial charge < -0.3 is 9.47 Å². The number of benzene rings is 11. The number of nitrogens with zero attached hydrogens (tertiary/aromatic N) is 2. The minimum atomic E-state index is -0.606. The van der Waals surface area contributed by atoms with Gasteiger partial charge in [-0.05, 0) is 168 Å². The zero-order valence-electron chi connectivity index (χ0n) is 41.9. The molecule has 0 aliphatic heterocycles. The maximum absolute atomic E-state index is 2.68. The van der Waals surface area contributed by atoms with Crippen molar-refractivity contribution < 1.29 is 0 Å². The Hall–Kier alpha value is -8.98. The van der Waals surface area contributed by atoms with Crippen molar-refractivity contribution in [1.82, 2.24) is 4.57 Å². The fourth-order valence-electron chi connectivity index (χ4n) is 15.4. The average molecular weight is 955 g/mol.